The van der Waals surface area contributed by atoms with Crippen molar-refractivity contribution in [1.82, 2.24) is 4.98 Å². The van der Waals surface area contributed by atoms with Crippen LogP contribution in [0.15, 0.2) is 45.7 Å². The van der Waals surface area contributed by atoms with Crippen LogP contribution in [0.25, 0.3) is 22.1 Å². The third-order valence-corrected chi connectivity index (χ3v) is 2.72. The first-order chi connectivity index (χ1) is 8.29. The number of rotatable bonds is 1. The molecule has 3 rings (SSSR count). The summed E-state index contributed by atoms with van der Waals surface area (Å²) in [5.74, 6) is 0. The topological polar surface area (TPSA) is 55.1 Å². The molecule has 1 aromatic carbocycles. The van der Waals surface area contributed by atoms with Crippen molar-refractivity contribution in [3.8, 4) is 0 Å². The monoisotopic (exact) mass is 226 g/mol. The molecule has 0 spiro atoms. The molecule has 0 saturated heterocycles. The van der Waals surface area contributed by atoms with E-state index in [4.69, 9.17) is 4.42 Å². The first-order valence-corrected chi connectivity index (χ1v) is 5.29. The van der Waals surface area contributed by atoms with Gasteiger partial charge in [-0.2, -0.15) is 0 Å². The van der Waals surface area contributed by atoms with E-state index in [1.165, 1.54) is 0 Å². The van der Waals surface area contributed by atoms with Crippen LogP contribution < -0.4 is 10.7 Å². The minimum Gasteiger partial charge on any atom is -0.454 e. The lowest BCUT2D eigenvalue weighted by atomic mass is 10.2. The van der Waals surface area contributed by atoms with Crippen LogP contribution in [0.3, 0.4) is 0 Å². The fourth-order valence-electron chi connectivity index (χ4n) is 1.84. The molecule has 84 valence electrons. The SMILES string of the molecule is CNc1ccc2oc3cccnc3c(=O)c2c1. The molecule has 0 aliphatic carbocycles. The van der Waals surface area contributed by atoms with Gasteiger partial charge in [0.25, 0.3) is 0 Å². The molecule has 0 atom stereocenters. The van der Waals surface area contributed by atoms with Gasteiger partial charge in [-0.25, -0.2) is 4.98 Å². The Bertz CT molecular complexity index is 762. The molecule has 0 aliphatic heterocycles. The molecule has 0 unspecified atom stereocenters. The summed E-state index contributed by atoms with van der Waals surface area (Å²) in [5.41, 5.74) is 2.24. The van der Waals surface area contributed by atoms with Crippen molar-refractivity contribution < 1.29 is 4.42 Å². The van der Waals surface area contributed by atoms with Crippen molar-refractivity contribution >= 4 is 27.8 Å². The Labute approximate surface area is 96.9 Å². The molecule has 1 N–H and O–H groups in total. The van der Waals surface area contributed by atoms with E-state index in [-0.39, 0.29) is 5.43 Å². The third kappa shape index (κ3) is 1.45. The first kappa shape index (κ1) is 9.84. The van der Waals surface area contributed by atoms with E-state index in [0.717, 1.165) is 5.69 Å². The molecule has 2 heterocycles. The number of hydrogen-bond donors (Lipinski definition) is 1. The molecule has 0 saturated carbocycles. The number of aromatic nitrogens is 1. The highest BCUT2D eigenvalue weighted by molar-refractivity contribution is 5.89. The second kappa shape index (κ2) is 3.59. The van der Waals surface area contributed by atoms with Crippen LogP contribution in [0.5, 0.6) is 0 Å². The molecule has 4 heteroatoms. The molecule has 0 bridgehead atoms. The maximum Gasteiger partial charge on any atom is 0.219 e. The average molecular weight is 226 g/mol. The van der Waals surface area contributed by atoms with Gasteiger partial charge in [-0.3, -0.25) is 4.79 Å². The molecule has 0 radical (unpaired) electrons. The molecule has 0 fully saturated rings. The van der Waals surface area contributed by atoms with E-state index < -0.39 is 0 Å². The standard InChI is InChI=1S/C13H10N2O2/c1-14-8-4-5-10-9(7-8)13(16)12-11(17-10)3-2-6-15-12/h2-7,14H,1H3. The van der Waals surface area contributed by atoms with Gasteiger partial charge in [0.1, 0.15) is 5.58 Å². The predicted octanol–water partition coefficient (Wildman–Crippen LogP) is 2.38. The quantitative estimate of drug-likeness (QED) is 0.647. The molecular weight excluding hydrogens is 216 g/mol. The Balaban J connectivity index is 2.51. The van der Waals surface area contributed by atoms with E-state index in [0.29, 0.717) is 22.1 Å². The van der Waals surface area contributed by atoms with E-state index in [2.05, 4.69) is 10.3 Å². The summed E-state index contributed by atoms with van der Waals surface area (Å²) in [6, 6.07) is 8.92. The fourth-order valence-corrected chi connectivity index (χ4v) is 1.84. The van der Waals surface area contributed by atoms with Crippen molar-refractivity contribution in [2.75, 3.05) is 12.4 Å². The molecule has 4 nitrogen and oxygen atoms in total. The van der Waals surface area contributed by atoms with Gasteiger partial charge < -0.3 is 9.73 Å². The maximum absolute atomic E-state index is 12.2. The third-order valence-electron chi connectivity index (χ3n) is 2.72. The number of fused-ring (bicyclic) bond motifs is 2. The van der Waals surface area contributed by atoms with E-state index >= 15 is 0 Å². The van der Waals surface area contributed by atoms with Crippen LogP contribution in [0.2, 0.25) is 0 Å². The van der Waals surface area contributed by atoms with Crippen LogP contribution in [0.4, 0.5) is 5.69 Å². The van der Waals surface area contributed by atoms with Gasteiger partial charge in [0.05, 0.1) is 5.39 Å². The van der Waals surface area contributed by atoms with Crippen molar-refractivity contribution in [2.45, 2.75) is 0 Å². The van der Waals surface area contributed by atoms with Gasteiger partial charge in [0.15, 0.2) is 11.1 Å². The van der Waals surface area contributed by atoms with Crippen molar-refractivity contribution in [2.24, 2.45) is 0 Å². The minimum atomic E-state index is -0.0982. The summed E-state index contributed by atoms with van der Waals surface area (Å²) in [6.07, 6.45) is 1.59. The van der Waals surface area contributed by atoms with Gasteiger partial charge in [-0.05, 0) is 30.3 Å². The highest BCUT2D eigenvalue weighted by atomic mass is 16.3. The number of benzene rings is 1. The maximum atomic E-state index is 12.2. The summed E-state index contributed by atoms with van der Waals surface area (Å²) >= 11 is 0. The minimum absolute atomic E-state index is 0.0982. The van der Waals surface area contributed by atoms with Gasteiger partial charge in [0, 0.05) is 18.9 Å². The number of nitrogens with one attached hydrogen (secondary N) is 1. The van der Waals surface area contributed by atoms with Gasteiger partial charge >= 0.3 is 0 Å². The van der Waals surface area contributed by atoms with Gasteiger partial charge in [-0.1, -0.05) is 0 Å². The second-order valence-corrected chi connectivity index (χ2v) is 3.74. The number of hydrogen-bond acceptors (Lipinski definition) is 4. The summed E-state index contributed by atoms with van der Waals surface area (Å²) in [6.45, 7) is 0. The largest absolute Gasteiger partial charge is 0.454 e. The predicted molar refractivity (Wildman–Crippen MR) is 67.3 cm³/mol. The summed E-state index contributed by atoms with van der Waals surface area (Å²) < 4.78 is 5.64. The normalized spacial score (nSPS) is 10.9. The van der Waals surface area contributed by atoms with Crippen LogP contribution >= 0.6 is 0 Å². The Hall–Kier alpha value is -2.36. The van der Waals surface area contributed by atoms with E-state index in [9.17, 15) is 4.79 Å². The highest BCUT2D eigenvalue weighted by Gasteiger charge is 2.08. The van der Waals surface area contributed by atoms with Gasteiger partial charge in [0.2, 0.25) is 5.43 Å². The van der Waals surface area contributed by atoms with Crippen LogP contribution in [-0.2, 0) is 0 Å². The smallest absolute Gasteiger partial charge is 0.219 e. The lowest BCUT2D eigenvalue weighted by Gasteiger charge is -2.03. The highest BCUT2D eigenvalue weighted by Crippen LogP contribution is 2.19. The van der Waals surface area contributed by atoms with Gasteiger partial charge in [-0.15, -0.1) is 0 Å². The zero-order valence-corrected chi connectivity index (χ0v) is 9.23. The summed E-state index contributed by atoms with van der Waals surface area (Å²) in [5, 5.41) is 3.54. The lowest BCUT2D eigenvalue weighted by Crippen LogP contribution is -2.04. The Morgan fingerprint density at radius 1 is 1.24 bits per heavy atom. The Kier molecular flexibility index (Phi) is 2.08. The van der Waals surface area contributed by atoms with Crippen molar-refractivity contribution in [1.29, 1.82) is 0 Å². The van der Waals surface area contributed by atoms with E-state index in [1.807, 2.05) is 13.1 Å². The zero-order chi connectivity index (χ0) is 11.8. The molecule has 3 aromatic rings. The second-order valence-electron chi connectivity index (χ2n) is 3.74. The number of nitrogens with zero attached hydrogens (tertiary/aromatic N) is 1. The first-order valence-electron chi connectivity index (χ1n) is 5.29. The Morgan fingerprint density at radius 2 is 2.12 bits per heavy atom. The van der Waals surface area contributed by atoms with Crippen molar-refractivity contribution in [3.63, 3.8) is 0 Å². The summed E-state index contributed by atoms with van der Waals surface area (Å²) in [7, 11) is 1.81. The van der Waals surface area contributed by atoms with Crippen LogP contribution in [0, 0.1) is 0 Å². The molecule has 0 amide bonds. The fraction of sp³-hybridized carbons (Fsp3) is 0.0769. The molecule has 0 aliphatic rings. The van der Waals surface area contributed by atoms with Crippen LogP contribution in [-0.4, -0.2) is 12.0 Å². The average Bonchev–Trinajstić information content (AvgIpc) is 2.39. The zero-order valence-electron chi connectivity index (χ0n) is 9.23. The number of pyridine rings is 1. The van der Waals surface area contributed by atoms with Crippen molar-refractivity contribution in [3.05, 3.63) is 46.8 Å². The summed E-state index contributed by atoms with van der Waals surface area (Å²) in [4.78, 5) is 16.3. The lowest BCUT2D eigenvalue weighted by molar-refractivity contribution is 0.658. The van der Waals surface area contributed by atoms with Crippen LogP contribution in [0.1, 0.15) is 0 Å². The number of anilines is 1. The Morgan fingerprint density at radius 3 is 2.94 bits per heavy atom. The molecule has 2 aromatic heterocycles. The van der Waals surface area contributed by atoms with E-state index in [1.54, 1.807) is 30.5 Å². The molecule has 17 heavy (non-hydrogen) atoms. The molecular formula is C13H10N2O2.